The Bertz CT molecular complexity index is 1340. The van der Waals surface area contributed by atoms with Gasteiger partial charge in [-0.3, -0.25) is 9.59 Å². The maximum Gasteiger partial charge on any atom is 0.295 e. The van der Waals surface area contributed by atoms with Crippen LogP contribution in [0.4, 0.5) is 0 Å². The first-order valence-electron chi connectivity index (χ1n) is 12.1. The van der Waals surface area contributed by atoms with Crippen molar-refractivity contribution in [3.8, 4) is 17.2 Å². The van der Waals surface area contributed by atoms with Crippen LogP contribution in [0.25, 0.3) is 5.76 Å². The molecule has 192 valence electrons. The first-order valence-corrected chi connectivity index (χ1v) is 12.1. The van der Waals surface area contributed by atoms with E-state index in [0.29, 0.717) is 28.4 Å². The Labute approximate surface area is 216 Å². The SMILES string of the molecule is COc1cccc(CN2C(=O)C(=O)/C(=C(\O)c3ccc(OC)cc3C)C2c2ccc(OC(C)C)cc2)c1. The van der Waals surface area contributed by atoms with Crippen LogP contribution < -0.4 is 14.2 Å². The van der Waals surface area contributed by atoms with Gasteiger partial charge in [0, 0.05) is 12.1 Å². The second-order valence-electron chi connectivity index (χ2n) is 9.20. The fraction of sp³-hybridized carbons (Fsp3) is 0.267. The summed E-state index contributed by atoms with van der Waals surface area (Å²) in [5, 5.41) is 11.4. The van der Waals surface area contributed by atoms with Gasteiger partial charge in [-0.05, 0) is 79.9 Å². The summed E-state index contributed by atoms with van der Waals surface area (Å²) in [6.07, 6.45) is 0.00240. The molecular formula is C30H31NO6. The highest BCUT2D eigenvalue weighted by atomic mass is 16.5. The van der Waals surface area contributed by atoms with Gasteiger partial charge in [-0.1, -0.05) is 24.3 Å². The lowest BCUT2D eigenvalue weighted by atomic mass is 9.93. The average Bonchev–Trinajstić information content (AvgIpc) is 3.13. The molecule has 1 heterocycles. The molecule has 0 spiro atoms. The van der Waals surface area contributed by atoms with Crippen LogP contribution in [0.3, 0.4) is 0 Å². The molecule has 0 aliphatic carbocycles. The monoisotopic (exact) mass is 501 g/mol. The van der Waals surface area contributed by atoms with Crippen LogP contribution in [0.2, 0.25) is 0 Å². The van der Waals surface area contributed by atoms with Crippen LogP contribution in [0.15, 0.2) is 72.3 Å². The summed E-state index contributed by atoms with van der Waals surface area (Å²) in [5.74, 6) is 0.319. The van der Waals surface area contributed by atoms with E-state index < -0.39 is 17.7 Å². The summed E-state index contributed by atoms with van der Waals surface area (Å²) < 4.78 is 16.4. The number of hydrogen-bond acceptors (Lipinski definition) is 6. The van der Waals surface area contributed by atoms with E-state index in [2.05, 4.69) is 0 Å². The number of aliphatic hydroxyl groups is 1. The van der Waals surface area contributed by atoms with Gasteiger partial charge < -0.3 is 24.2 Å². The number of methoxy groups -OCH3 is 2. The Kier molecular flexibility index (Phi) is 7.53. The van der Waals surface area contributed by atoms with Gasteiger partial charge in [0.05, 0.1) is 31.9 Å². The first kappa shape index (κ1) is 25.8. The van der Waals surface area contributed by atoms with Gasteiger partial charge in [0.15, 0.2) is 0 Å². The maximum atomic E-state index is 13.4. The number of rotatable bonds is 8. The van der Waals surface area contributed by atoms with Crippen molar-refractivity contribution in [1.29, 1.82) is 0 Å². The van der Waals surface area contributed by atoms with Crippen molar-refractivity contribution in [1.82, 2.24) is 4.90 Å². The van der Waals surface area contributed by atoms with Crippen molar-refractivity contribution in [2.45, 2.75) is 39.5 Å². The molecule has 1 aliphatic heterocycles. The highest BCUT2D eigenvalue weighted by Crippen LogP contribution is 2.41. The Hall–Kier alpha value is -4.26. The summed E-state index contributed by atoms with van der Waals surface area (Å²) in [4.78, 5) is 28.2. The van der Waals surface area contributed by atoms with E-state index in [0.717, 1.165) is 11.1 Å². The first-order chi connectivity index (χ1) is 17.7. The average molecular weight is 502 g/mol. The fourth-order valence-electron chi connectivity index (χ4n) is 4.53. The van der Waals surface area contributed by atoms with Crippen molar-refractivity contribution in [3.05, 3.63) is 94.6 Å². The van der Waals surface area contributed by atoms with Gasteiger partial charge in [-0.2, -0.15) is 0 Å². The van der Waals surface area contributed by atoms with Gasteiger partial charge in [-0.15, -0.1) is 0 Å². The van der Waals surface area contributed by atoms with E-state index in [1.807, 2.05) is 57.2 Å². The number of amides is 1. The van der Waals surface area contributed by atoms with Crippen molar-refractivity contribution in [2.75, 3.05) is 14.2 Å². The summed E-state index contributed by atoms with van der Waals surface area (Å²) in [6.45, 7) is 5.86. The molecule has 0 saturated carbocycles. The van der Waals surface area contributed by atoms with Crippen LogP contribution in [-0.2, 0) is 16.1 Å². The highest BCUT2D eigenvalue weighted by molar-refractivity contribution is 6.46. The molecule has 1 aliphatic rings. The number of ether oxygens (including phenoxy) is 3. The summed E-state index contributed by atoms with van der Waals surface area (Å²) >= 11 is 0. The Balaban J connectivity index is 1.84. The number of carbonyl (C=O) groups is 2. The Morgan fingerprint density at radius 2 is 1.57 bits per heavy atom. The number of aliphatic hydroxyl groups excluding tert-OH is 1. The van der Waals surface area contributed by atoms with Crippen LogP contribution >= 0.6 is 0 Å². The van der Waals surface area contributed by atoms with Crippen LogP contribution in [0.5, 0.6) is 17.2 Å². The molecule has 4 rings (SSSR count). The quantitative estimate of drug-likeness (QED) is 0.252. The molecule has 1 atom stereocenters. The second kappa shape index (κ2) is 10.8. The minimum atomic E-state index is -0.791. The fourth-order valence-corrected chi connectivity index (χ4v) is 4.53. The largest absolute Gasteiger partial charge is 0.507 e. The molecule has 0 bridgehead atoms. The van der Waals surface area contributed by atoms with Crippen molar-refractivity contribution in [2.24, 2.45) is 0 Å². The van der Waals surface area contributed by atoms with Crippen molar-refractivity contribution < 1.29 is 28.9 Å². The van der Waals surface area contributed by atoms with Gasteiger partial charge >= 0.3 is 0 Å². The molecule has 3 aromatic rings. The van der Waals surface area contributed by atoms with E-state index in [1.54, 1.807) is 44.6 Å². The highest BCUT2D eigenvalue weighted by Gasteiger charge is 2.46. The normalized spacial score (nSPS) is 16.8. The number of Topliss-reactive ketones (excluding diaryl/α,β-unsaturated/α-hetero) is 1. The minimum Gasteiger partial charge on any atom is -0.507 e. The molecule has 1 fully saturated rings. The zero-order valence-electron chi connectivity index (χ0n) is 21.6. The molecule has 3 aromatic carbocycles. The standard InChI is InChI=1S/C30H31NO6/c1-18(2)37-22-11-9-21(10-12-22)27-26(28(32)25-14-13-24(36-5)15-19(25)3)29(33)30(34)31(27)17-20-7-6-8-23(16-20)35-4/h6-16,18,27,32H,17H2,1-5H3/b28-26-. The lowest BCUT2D eigenvalue weighted by molar-refractivity contribution is -0.140. The van der Waals surface area contributed by atoms with E-state index in [1.165, 1.54) is 4.90 Å². The molecule has 37 heavy (non-hydrogen) atoms. The molecule has 1 unspecified atom stereocenters. The van der Waals surface area contributed by atoms with Gasteiger partial charge in [0.1, 0.15) is 23.0 Å². The van der Waals surface area contributed by atoms with Crippen LogP contribution in [0, 0.1) is 6.92 Å². The number of ketones is 1. The Morgan fingerprint density at radius 3 is 2.19 bits per heavy atom. The number of hydrogen-bond donors (Lipinski definition) is 1. The molecule has 0 radical (unpaired) electrons. The third kappa shape index (κ3) is 5.31. The van der Waals surface area contributed by atoms with Crippen molar-refractivity contribution >= 4 is 17.4 Å². The topological polar surface area (TPSA) is 85.3 Å². The molecule has 7 heteroatoms. The van der Waals surface area contributed by atoms with Gasteiger partial charge in [0.25, 0.3) is 11.7 Å². The number of aryl methyl sites for hydroxylation is 1. The predicted octanol–water partition coefficient (Wildman–Crippen LogP) is 5.42. The molecule has 1 saturated heterocycles. The molecule has 1 N–H and O–H groups in total. The van der Waals surface area contributed by atoms with Crippen LogP contribution in [-0.4, -0.2) is 42.0 Å². The second-order valence-corrected chi connectivity index (χ2v) is 9.20. The summed E-state index contributed by atoms with van der Waals surface area (Å²) in [6, 6.07) is 19.0. The lowest BCUT2D eigenvalue weighted by Gasteiger charge is -2.26. The molecular weight excluding hydrogens is 470 g/mol. The Morgan fingerprint density at radius 1 is 0.919 bits per heavy atom. The van der Waals surface area contributed by atoms with Gasteiger partial charge in [0.2, 0.25) is 0 Å². The number of carbonyl (C=O) groups excluding carboxylic acids is 2. The van der Waals surface area contributed by atoms with Crippen molar-refractivity contribution in [3.63, 3.8) is 0 Å². The van der Waals surface area contributed by atoms with E-state index in [9.17, 15) is 14.7 Å². The number of benzene rings is 3. The molecule has 7 nitrogen and oxygen atoms in total. The smallest absolute Gasteiger partial charge is 0.295 e. The zero-order chi connectivity index (χ0) is 26.7. The number of nitrogens with zero attached hydrogens (tertiary/aromatic N) is 1. The van der Waals surface area contributed by atoms with E-state index in [-0.39, 0.29) is 24.0 Å². The third-order valence-corrected chi connectivity index (χ3v) is 6.28. The summed E-state index contributed by atoms with van der Waals surface area (Å²) in [5.41, 5.74) is 2.71. The third-order valence-electron chi connectivity index (χ3n) is 6.28. The molecule has 1 amide bonds. The van der Waals surface area contributed by atoms with E-state index >= 15 is 0 Å². The van der Waals surface area contributed by atoms with E-state index in [4.69, 9.17) is 14.2 Å². The number of likely N-dealkylation sites (tertiary alicyclic amines) is 1. The zero-order valence-corrected chi connectivity index (χ0v) is 21.6. The van der Waals surface area contributed by atoms with Crippen LogP contribution in [0.1, 0.15) is 42.1 Å². The van der Waals surface area contributed by atoms with Gasteiger partial charge in [-0.25, -0.2) is 0 Å². The maximum absolute atomic E-state index is 13.4. The lowest BCUT2D eigenvalue weighted by Crippen LogP contribution is -2.29. The summed E-state index contributed by atoms with van der Waals surface area (Å²) in [7, 11) is 3.13. The minimum absolute atomic E-state index is 0.00240. The molecule has 0 aromatic heterocycles. The predicted molar refractivity (Wildman–Crippen MR) is 141 cm³/mol.